The van der Waals surface area contributed by atoms with Gasteiger partial charge in [0.1, 0.15) is 11.8 Å². The molecule has 0 radical (unpaired) electrons. The zero-order valence-electron chi connectivity index (χ0n) is 9.60. The highest BCUT2D eigenvalue weighted by Crippen LogP contribution is 2.28. The van der Waals surface area contributed by atoms with Gasteiger partial charge in [0.2, 0.25) is 0 Å². The first-order valence-corrected chi connectivity index (χ1v) is 4.81. The minimum atomic E-state index is -1.06. The first kappa shape index (κ1) is 12.3. The summed E-state index contributed by atoms with van der Waals surface area (Å²) < 4.78 is 5.05. The number of hydrogen-bond acceptors (Lipinski definition) is 4. The third-order valence-corrected chi connectivity index (χ3v) is 2.32. The van der Waals surface area contributed by atoms with E-state index in [1.54, 1.807) is 18.2 Å². The molecule has 0 saturated heterocycles. The third-order valence-electron chi connectivity index (χ3n) is 2.32. The Morgan fingerprint density at radius 2 is 2.12 bits per heavy atom. The summed E-state index contributed by atoms with van der Waals surface area (Å²) in [5.74, 6) is -0.464. The van der Waals surface area contributed by atoms with Crippen LogP contribution >= 0.6 is 0 Å². The number of anilines is 1. The first-order chi connectivity index (χ1) is 7.47. The summed E-state index contributed by atoms with van der Waals surface area (Å²) in [4.78, 5) is 12.7. The highest BCUT2D eigenvalue weighted by Gasteiger charge is 2.19. The van der Waals surface area contributed by atoms with Crippen LogP contribution in [0.3, 0.4) is 0 Å². The molecule has 0 saturated carbocycles. The van der Waals surface area contributed by atoms with Crippen molar-refractivity contribution in [2.75, 3.05) is 26.1 Å². The van der Waals surface area contributed by atoms with E-state index in [4.69, 9.17) is 15.6 Å². The molecule has 0 aliphatic carbocycles. The van der Waals surface area contributed by atoms with E-state index in [1.165, 1.54) is 7.11 Å². The molecule has 5 nitrogen and oxygen atoms in total. The van der Waals surface area contributed by atoms with Crippen molar-refractivity contribution in [1.82, 2.24) is 0 Å². The van der Waals surface area contributed by atoms with Crippen molar-refractivity contribution in [2.24, 2.45) is 5.73 Å². The molecule has 0 spiro atoms. The summed E-state index contributed by atoms with van der Waals surface area (Å²) in [6, 6.07) is 4.16. The number of nitrogens with two attached hydrogens (primary N) is 1. The molecule has 5 heteroatoms. The van der Waals surface area contributed by atoms with Crippen molar-refractivity contribution in [1.29, 1.82) is 0 Å². The van der Waals surface area contributed by atoms with Crippen molar-refractivity contribution in [3.05, 3.63) is 23.8 Å². The van der Waals surface area contributed by atoms with Gasteiger partial charge in [-0.15, -0.1) is 0 Å². The van der Waals surface area contributed by atoms with Crippen molar-refractivity contribution in [3.63, 3.8) is 0 Å². The van der Waals surface area contributed by atoms with E-state index >= 15 is 0 Å². The van der Waals surface area contributed by atoms with Crippen LogP contribution in [0, 0.1) is 0 Å². The molecular formula is C11H16N2O3. The van der Waals surface area contributed by atoms with Gasteiger partial charge in [0, 0.05) is 25.3 Å². The second-order valence-corrected chi connectivity index (χ2v) is 3.64. The molecule has 16 heavy (non-hydrogen) atoms. The molecule has 1 aromatic rings. The summed E-state index contributed by atoms with van der Waals surface area (Å²) in [6.45, 7) is 0. The summed E-state index contributed by atoms with van der Waals surface area (Å²) in [7, 11) is 5.19. The fourth-order valence-electron chi connectivity index (χ4n) is 1.45. The van der Waals surface area contributed by atoms with Crippen molar-refractivity contribution in [2.45, 2.75) is 6.04 Å². The lowest BCUT2D eigenvalue weighted by Crippen LogP contribution is -2.24. The van der Waals surface area contributed by atoms with Crippen LogP contribution in [-0.2, 0) is 4.79 Å². The predicted molar refractivity (Wildman–Crippen MR) is 61.9 cm³/mol. The molecule has 0 aromatic heterocycles. The van der Waals surface area contributed by atoms with Crippen molar-refractivity contribution >= 4 is 11.7 Å². The van der Waals surface area contributed by atoms with Gasteiger partial charge in [-0.1, -0.05) is 0 Å². The lowest BCUT2D eigenvalue weighted by Gasteiger charge is -2.20. The molecule has 0 aliphatic heterocycles. The number of nitrogens with zero attached hydrogens (tertiary/aromatic N) is 1. The van der Waals surface area contributed by atoms with E-state index in [2.05, 4.69) is 0 Å². The van der Waals surface area contributed by atoms with Crippen LogP contribution in [-0.4, -0.2) is 32.3 Å². The number of ether oxygens (including phenoxy) is 1. The van der Waals surface area contributed by atoms with E-state index in [0.29, 0.717) is 11.3 Å². The van der Waals surface area contributed by atoms with Crippen LogP contribution in [0.25, 0.3) is 0 Å². The summed E-state index contributed by atoms with van der Waals surface area (Å²) in [5, 5.41) is 8.92. The molecule has 1 atom stereocenters. The molecule has 0 amide bonds. The van der Waals surface area contributed by atoms with Gasteiger partial charge in [0.15, 0.2) is 0 Å². The average molecular weight is 224 g/mol. The fourth-order valence-corrected chi connectivity index (χ4v) is 1.45. The quantitative estimate of drug-likeness (QED) is 0.792. The highest BCUT2D eigenvalue weighted by molar-refractivity contribution is 5.78. The number of carbonyl (C=O) groups is 1. The fraction of sp³-hybridized carbons (Fsp3) is 0.364. The summed E-state index contributed by atoms with van der Waals surface area (Å²) in [5.41, 5.74) is 6.93. The maximum Gasteiger partial charge on any atom is 0.325 e. The minimum Gasteiger partial charge on any atom is -0.497 e. The van der Waals surface area contributed by atoms with E-state index in [9.17, 15) is 4.79 Å². The van der Waals surface area contributed by atoms with Gasteiger partial charge in [0.25, 0.3) is 0 Å². The second-order valence-electron chi connectivity index (χ2n) is 3.64. The van der Waals surface area contributed by atoms with E-state index < -0.39 is 12.0 Å². The summed E-state index contributed by atoms with van der Waals surface area (Å²) >= 11 is 0. The van der Waals surface area contributed by atoms with Crippen molar-refractivity contribution < 1.29 is 14.6 Å². The number of carboxylic acids is 1. The summed E-state index contributed by atoms with van der Waals surface area (Å²) in [6.07, 6.45) is 0. The van der Waals surface area contributed by atoms with Crippen LogP contribution in [0.15, 0.2) is 18.2 Å². The van der Waals surface area contributed by atoms with Crippen LogP contribution < -0.4 is 15.4 Å². The third kappa shape index (κ3) is 2.43. The minimum absolute atomic E-state index is 0.539. The number of carboxylic acid groups (broad SMARTS) is 1. The Bertz CT molecular complexity index is 391. The van der Waals surface area contributed by atoms with Crippen LogP contribution in [0.1, 0.15) is 11.6 Å². The Labute approximate surface area is 94.4 Å². The molecule has 0 fully saturated rings. The molecule has 1 aromatic carbocycles. The molecular weight excluding hydrogens is 208 g/mol. The van der Waals surface area contributed by atoms with Gasteiger partial charge in [-0.25, -0.2) is 0 Å². The smallest absolute Gasteiger partial charge is 0.325 e. The molecule has 0 bridgehead atoms. The second kappa shape index (κ2) is 4.85. The number of benzene rings is 1. The topological polar surface area (TPSA) is 75.8 Å². The SMILES string of the molecule is COc1ccc(N(C)C)c(C(N)C(=O)O)c1. The van der Waals surface area contributed by atoms with Gasteiger partial charge in [-0.3, -0.25) is 4.79 Å². The van der Waals surface area contributed by atoms with Gasteiger partial charge >= 0.3 is 5.97 Å². The number of methoxy groups -OCH3 is 1. The Balaban J connectivity index is 3.25. The molecule has 0 heterocycles. The monoisotopic (exact) mass is 224 g/mol. The molecule has 1 rings (SSSR count). The Morgan fingerprint density at radius 3 is 2.56 bits per heavy atom. The van der Waals surface area contributed by atoms with Crippen LogP contribution in [0.4, 0.5) is 5.69 Å². The van der Waals surface area contributed by atoms with Crippen LogP contribution in [0.2, 0.25) is 0 Å². The first-order valence-electron chi connectivity index (χ1n) is 4.81. The number of aliphatic carboxylic acids is 1. The van der Waals surface area contributed by atoms with Gasteiger partial charge in [-0.05, 0) is 18.2 Å². The average Bonchev–Trinajstić information content (AvgIpc) is 2.26. The van der Waals surface area contributed by atoms with E-state index in [1.807, 2.05) is 19.0 Å². The largest absolute Gasteiger partial charge is 0.497 e. The Hall–Kier alpha value is -1.75. The maximum absolute atomic E-state index is 10.9. The maximum atomic E-state index is 10.9. The van der Waals surface area contributed by atoms with Gasteiger partial charge in [-0.2, -0.15) is 0 Å². The highest BCUT2D eigenvalue weighted by atomic mass is 16.5. The molecule has 3 N–H and O–H groups in total. The standard InChI is InChI=1S/C11H16N2O3/c1-13(2)9-5-4-7(16-3)6-8(9)10(12)11(14)15/h4-6,10H,12H2,1-3H3,(H,14,15). The lowest BCUT2D eigenvalue weighted by atomic mass is 10.0. The van der Waals surface area contributed by atoms with Crippen molar-refractivity contribution in [3.8, 4) is 5.75 Å². The molecule has 88 valence electrons. The van der Waals surface area contributed by atoms with E-state index in [0.717, 1.165) is 5.69 Å². The van der Waals surface area contributed by atoms with Crippen LogP contribution in [0.5, 0.6) is 5.75 Å². The van der Waals surface area contributed by atoms with Gasteiger partial charge < -0.3 is 20.5 Å². The van der Waals surface area contributed by atoms with E-state index in [-0.39, 0.29) is 0 Å². The Kier molecular flexibility index (Phi) is 3.73. The lowest BCUT2D eigenvalue weighted by molar-refractivity contribution is -0.138. The van der Waals surface area contributed by atoms with Gasteiger partial charge in [0.05, 0.1) is 7.11 Å². The predicted octanol–water partition coefficient (Wildman–Crippen LogP) is 0.846. The zero-order chi connectivity index (χ0) is 12.3. The molecule has 0 aliphatic rings. The normalized spacial score (nSPS) is 12.0. The molecule has 1 unspecified atom stereocenters. The Morgan fingerprint density at radius 1 is 1.50 bits per heavy atom. The number of rotatable bonds is 4. The number of hydrogen-bond donors (Lipinski definition) is 2. The zero-order valence-corrected chi connectivity index (χ0v) is 9.60.